The van der Waals surface area contributed by atoms with Gasteiger partial charge in [-0.3, -0.25) is 0 Å². The van der Waals surface area contributed by atoms with E-state index in [9.17, 15) is 3.08 Å². The minimum atomic E-state index is -1.80. The van der Waals surface area contributed by atoms with Gasteiger partial charge in [0.25, 0.3) is 0 Å². The molecule has 0 radical (unpaired) electrons. The molecule has 3 heteroatoms. The summed E-state index contributed by atoms with van der Waals surface area (Å²) in [7, 11) is 0. The zero-order chi connectivity index (χ0) is 10.1. The standard InChI is InChI=1S/C11H15O.O.Sn.H/c12-10-6-2-5-9-11-7-3-1-4-8-11;;;/h1,3-4,7-8H,2,5-6,9-10H2;;;/q-1;;+1;. The van der Waals surface area contributed by atoms with E-state index in [4.69, 9.17) is 3.07 Å². The second kappa shape index (κ2) is 8.12. The van der Waals surface area contributed by atoms with Gasteiger partial charge in [-0.05, 0) is 0 Å². The Morgan fingerprint density at radius 1 is 1.07 bits per heavy atom. The van der Waals surface area contributed by atoms with Crippen LogP contribution in [0.1, 0.15) is 24.8 Å². The number of hydrogen-bond donors (Lipinski definition) is 0. The van der Waals surface area contributed by atoms with E-state index in [0.29, 0.717) is 6.61 Å². The summed E-state index contributed by atoms with van der Waals surface area (Å²) < 4.78 is 15.1. The van der Waals surface area contributed by atoms with E-state index in [1.165, 1.54) is 12.0 Å². The molecule has 1 rings (SSSR count). The fraction of sp³-hybridized carbons (Fsp3) is 0.455. The summed E-state index contributed by atoms with van der Waals surface area (Å²) in [4.78, 5) is 0. The molecule has 1 aromatic carbocycles. The van der Waals surface area contributed by atoms with Crippen molar-refractivity contribution in [2.24, 2.45) is 0 Å². The summed E-state index contributed by atoms with van der Waals surface area (Å²) in [5.74, 6) is 0. The predicted octanol–water partition coefficient (Wildman–Crippen LogP) is 2.11. The summed E-state index contributed by atoms with van der Waals surface area (Å²) in [6.45, 7) is 0.694. The average Bonchev–Trinajstić information content (AvgIpc) is 2.25. The third-order valence-corrected chi connectivity index (χ3v) is 3.20. The Kier molecular flexibility index (Phi) is 6.87. The van der Waals surface area contributed by atoms with Crippen LogP contribution in [0.25, 0.3) is 0 Å². The first-order chi connectivity index (χ1) is 6.93. The quantitative estimate of drug-likeness (QED) is 0.569. The van der Waals surface area contributed by atoms with Gasteiger partial charge >= 0.3 is 95.9 Å². The summed E-state index contributed by atoms with van der Waals surface area (Å²) in [5.41, 5.74) is 1.40. The summed E-state index contributed by atoms with van der Waals surface area (Å²) >= 11 is -1.80. The number of aryl methyl sites for hydroxylation is 1. The van der Waals surface area contributed by atoms with Gasteiger partial charge < -0.3 is 0 Å². The molecule has 76 valence electrons. The van der Waals surface area contributed by atoms with Crippen LogP contribution in [0.5, 0.6) is 0 Å². The van der Waals surface area contributed by atoms with Gasteiger partial charge in [0.15, 0.2) is 0 Å². The van der Waals surface area contributed by atoms with E-state index < -0.39 is 21.5 Å². The second-order valence-corrected chi connectivity index (χ2v) is 4.76. The maximum absolute atomic E-state index is 10.2. The molecule has 0 N–H and O–H groups in total. The van der Waals surface area contributed by atoms with Crippen LogP contribution < -0.4 is 0 Å². The Morgan fingerprint density at radius 3 is 2.57 bits per heavy atom. The van der Waals surface area contributed by atoms with Crippen LogP contribution in [0.15, 0.2) is 30.3 Å². The van der Waals surface area contributed by atoms with Gasteiger partial charge in [0.2, 0.25) is 0 Å². The normalized spacial score (nSPS) is 10.0. The van der Waals surface area contributed by atoms with Gasteiger partial charge in [0, 0.05) is 0 Å². The minimum absolute atomic E-state index is 0.694. The predicted molar refractivity (Wildman–Crippen MR) is 57.8 cm³/mol. The van der Waals surface area contributed by atoms with Crippen LogP contribution in [0.2, 0.25) is 0 Å². The van der Waals surface area contributed by atoms with Crippen molar-refractivity contribution in [3.8, 4) is 0 Å². The first-order valence-electron chi connectivity index (χ1n) is 5.02. The topological polar surface area (TPSA) is 26.3 Å². The van der Waals surface area contributed by atoms with Crippen molar-refractivity contribution in [2.45, 2.75) is 25.7 Å². The Hall–Kier alpha value is -0.221. The Bertz CT molecular complexity index is 249. The zero-order valence-electron chi connectivity index (χ0n) is 8.32. The molecule has 1 aromatic rings. The van der Waals surface area contributed by atoms with Crippen molar-refractivity contribution in [2.75, 3.05) is 6.61 Å². The summed E-state index contributed by atoms with van der Waals surface area (Å²) in [5, 5.41) is 0. The van der Waals surface area contributed by atoms with Crippen molar-refractivity contribution in [3.63, 3.8) is 0 Å². The van der Waals surface area contributed by atoms with E-state index in [-0.39, 0.29) is 0 Å². The van der Waals surface area contributed by atoms with Gasteiger partial charge in [0.05, 0.1) is 0 Å². The number of unbranched alkanes of at least 4 members (excludes halogenated alkanes) is 2. The summed E-state index contributed by atoms with van der Waals surface area (Å²) in [6.07, 6.45) is 4.54. The molecule has 0 atom stereocenters. The molecule has 0 aliphatic carbocycles. The molecule has 0 heterocycles. The SMILES string of the molecule is [O]=[SnH][O]CCCCCc1ccccc1. The molecule has 0 unspecified atom stereocenters. The van der Waals surface area contributed by atoms with E-state index in [1.54, 1.807) is 0 Å². The molecule has 0 aromatic heterocycles. The number of benzene rings is 1. The molecule has 0 bridgehead atoms. The summed E-state index contributed by atoms with van der Waals surface area (Å²) in [6, 6.07) is 10.5. The molecule has 0 spiro atoms. The molecule has 0 amide bonds. The molecule has 14 heavy (non-hydrogen) atoms. The molecular weight excluding hydrogens is 283 g/mol. The maximum atomic E-state index is 10.2. The van der Waals surface area contributed by atoms with Crippen molar-refractivity contribution < 1.29 is 6.15 Å². The van der Waals surface area contributed by atoms with E-state index in [1.807, 2.05) is 6.07 Å². The Morgan fingerprint density at radius 2 is 1.86 bits per heavy atom. The first-order valence-corrected chi connectivity index (χ1v) is 7.72. The number of rotatable bonds is 7. The van der Waals surface area contributed by atoms with Crippen molar-refractivity contribution in [1.29, 1.82) is 0 Å². The van der Waals surface area contributed by atoms with Gasteiger partial charge in [-0.2, -0.15) is 0 Å². The molecule has 0 aliphatic heterocycles. The Labute approximate surface area is 95.8 Å². The van der Waals surface area contributed by atoms with Crippen molar-refractivity contribution in [3.05, 3.63) is 35.9 Å². The molecule has 0 saturated carbocycles. The van der Waals surface area contributed by atoms with Gasteiger partial charge in [-0.1, -0.05) is 0 Å². The van der Waals surface area contributed by atoms with Crippen LogP contribution in [-0.4, -0.2) is 28.1 Å². The van der Waals surface area contributed by atoms with Crippen LogP contribution in [0, 0.1) is 0 Å². The second-order valence-electron chi connectivity index (χ2n) is 3.26. The van der Waals surface area contributed by atoms with E-state index in [0.717, 1.165) is 19.3 Å². The van der Waals surface area contributed by atoms with Gasteiger partial charge in [0.1, 0.15) is 0 Å². The number of hydrogen-bond acceptors (Lipinski definition) is 2. The van der Waals surface area contributed by atoms with Crippen molar-refractivity contribution >= 4 is 21.5 Å². The van der Waals surface area contributed by atoms with Crippen LogP contribution >= 0.6 is 0 Å². The third kappa shape index (κ3) is 5.50. The molecule has 0 saturated heterocycles. The van der Waals surface area contributed by atoms with Crippen LogP contribution in [0.4, 0.5) is 0 Å². The van der Waals surface area contributed by atoms with Crippen LogP contribution in [-0.2, 0) is 12.6 Å². The average molecular weight is 299 g/mol. The first kappa shape index (κ1) is 11.9. The van der Waals surface area contributed by atoms with Crippen LogP contribution in [0.3, 0.4) is 0 Å². The Balaban J connectivity index is 2.02. The van der Waals surface area contributed by atoms with E-state index >= 15 is 0 Å². The molecular formula is C11H16O2Sn. The van der Waals surface area contributed by atoms with Gasteiger partial charge in [-0.25, -0.2) is 0 Å². The third-order valence-electron chi connectivity index (χ3n) is 2.14. The van der Waals surface area contributed by atoms with Gasteiger partial charge in [-0.15, -0.1) is 0 Å². The van der Waals surface area contributed by atoms with E-state index in [2.05, 4.69) is 24.3 Å². The fourth-order valence-electron chi connectivity index (χ4n) is 1.38. The molecule has 0 fully saturated rings. The zero-order valence-corrected chi connectivity index (χ0v) is 11.6. The van der Waals surface area contributed by atoms with Crippen molar-refractivity contribution in [1.82, 2.24) is 0 Å². The molecule has 0 aliphatic rings. The monoisotopic (exact) mass is 300 g/mol. The molecule has 2 nitrogen and oxygen atoms in total. The fourth-order valence-corrected chi connectivity index (χ4v) is 2.13.